The Kier molecular flexibility index (Phi) is 5.18. The Balaban J connectivity index is 1.32. The SMILES string of the molecule is C[C@@H]1CCCN(C(=O)CN2CCC(c3nc4ccc(Cl)cc4[nH]3)CC2)C1. The van der Waals surface area contributed by atoms with Crippen LogP contribution in [0.1, 0.15) is 44.3 Å². The molecule has 0 spiro atoms. The number of hydrogen-bond acceptors (Lipinski definition) is 3. The smallest absolute Gasteiger partial charge is 0.236 e. The number of halogens is 1. The van der Waals surface area contributed by atoms with Crippen LogP contribution in [0.25, 0.3) is 11.0 Å². The lowest BCUT2D eigenvalue weighted by molar-refractivity contribution is -0.134. The summed E-state index contributed by atoms with van der Waals surface area (Å²) in [6.07, 6.45) is 4.47. The number of likely N-dealkylation sites (tertiary alicyclic amines) is 2. The van der Waals surface area contributed by atoms with Crippen molar-refractivity contribution in [2.24, 2.45) is 5.92 Å². The molecule has 26 heavy (non-hydrogen) atoms. The van der Waals surface area contributed by atoms with Crippen molar-refractivity contribution < 1.29 is 4.79 Å². The molecule has 0 aliphatic carbocycles. The first-order chi connectivity index (χ1) is 12.6. The molecule has 2 aromatic rings. The lowest BCUT2D eigenvalue weighted by atomic mass is 9.96. The average Bonchev–Trinajstić information content (AvgIpc) is 3.05. The van der Waals surface area contributed by atoms with E-state index in [9.17, 15) is 4.79 Å². The molecular formula is C20H27ClN4O. The molecule has 1 aromatic heterocycles. The third kappa shape index (κ3) is 3.89. The Morgan fingerprint density at radius 3 is 2.85 bits per heavy atom. The van der Waals surface area contributed by atoms with Crippen molar-refractivity contribution in [3.8, 4) is 0 Å². The maximum atomic E-state index is 12.6. The maximum Gasteiger partial charge on any atom is 0.236 e. The van der Waals surface area contributed by atoms with E-state index < -0.39 is 0 Å². The van der Waals surface area contributed by atoms with Crippen LogP contribution in [0, 0.1) is 5.92 Å². The number of piperidine rings is 2. The van der Waals surface area contributed by atoms with Crippen molar-refractivity contribution in [2.75, 3.05) is 32.7 Å². The molecule has 5 nitrogen and oxygen atoms in total. The van der Waals surface area contributed by atoms with E-state index in [2.05, 4.69) is 21.7 Å². The molecule has 2 fully saturated rings. The van der Waals surface area contributed by atoms with E-state index >= 15 is 0 Å². The fourth-order valence-electron chi connectivity index (χ4n) is 4.27. The standard InChI is InChI=1S/C20H27ClN4O/c1-14-3-2-8-25(12-14)19(26)13-24-9-6-15(7-10-24)20-22-17-5-4-16(21)11-18(17)23-20/h4-5,11,14-15H,2-3,6-10,12-13H2,1H3,(H,22,23)/t14-/m1/s1. The lowest BCUT2D eigenvalue weighted by Crippen LogP contribution is -2.46. The third-order valence-corrected chi connectivity index (χ3v) is 6.04. The second-order valence-corrected chi connectivity index (χ2v) is 8.36. The van der Waals surface area contributed by atoms with E-state index in [1.54, 1.807) is 0 Å². The molecular weight excluding hydrogens is 348 g/mol. The Labute approximate surface area is 159 Å². The number of carbonyl (C=O) groups excluding carboxylic acids is 1. The first kappa shape index (κ1) is 17.8. The van der Waals surface area contributed by atoms with Gasteiger partial charge in [0, 0.05) is 24.0 Å². The molecule has 0 unspecified atom stereocenters. The summed E-state index contributed by atoms with van der Waals surface area (Å²) in [5, 5.41) is 0.730. The van der Waals surface area contributed by atoms with Gasteiger partial charge in [-0.1, -0.05) is 18.5 Å². The summed E-state index contributed by atoms with van der Waals surface area (Å²) in [5.74, 6) is 2.43. The summed E-state index contributed by atoms with van der Waals surface area (Å²) in [6.45, 7) is 6.58. The average molecular weight is 375 g/mol. The van der Waals surface area contributed by atoms with Crippen LogP contribution in [0.2, 0.25) is 5.02 Å². The molecule has 2 aliphatic heterocycles. The van der Waals surface area contributed by atoms with Crippen LogP contribution in [0.15, 0.2) is 18.2 Å². The summed E-state index contributed by atoms with van der Waals surface area (Å²) in [7, 11) is 0. The minimum absolute atomic E-state index is 0.299. The monoisotopic (exact) mass is 374 g/mol. The van der Waals surface area contributed by atoms with Crippen LogP contribution in [0.4, 0.5) is 0 Å². The number of hydrogen-bond donors (Lipinski definition) is 1. The van der Waals surface area contributed by atoms with Crippen molar-refractivity contribution in [1.29, 1.82) is 0 Å². The highest BCUT2D eigenvalue weighted by Crippen LogP contribution is 2.28. The molecule has 3 heterocycles. The second-order valence-electron chi connectivity index (χ2n) is 7.92. The van der Waals surface area contributed by atoms with Crippen LogP contribution in [-0.2, 0) is 4.79 Å². The molecule has 0 bridgehead atoms. The number of fused-ring (bicyclic) bond motifs is 1. The number of benzene rings is 1. The van der Waals surface area contributed by atoms with Crippen molar-refractivity contribution in [3.63, 3.8) is 0 Å². The van der Waals surface area contributed by atoms with Gasteiger partial charge in [0.15, 0.2) is 0 Å². The molecule has 1 atom stereocenters. The highest BCUT2D eigenvalue weighted by molar-refractivity contribution is 6.31. The number of carbonyl (C=O) groups is 1. The Bertz CT molecular complexity index is 781. The van der Waals surface area contributed by atoms with E-state index in [-0.39, 0.29) is 0 Å². The summed E-state index contributed by atoms with van der Waals surface area (Å²) < 4.78 is 0. The van der Waals surface area contributed by atoms with E-state index in [4.69, 9.17) is 16.6 Å². The van der Waals surface area contributed by atoms with Gasteiger partial charge in [-0.15, -0.1) is 0 Å². The number of aromatic amines is 1. The summed E-state index contributed by atoms with van der Waals surface area (Å²) in [6, 6.07) is 5.77. The molecule has 1 aromatic carbocycles. The zero-order valence-corrected chi connectivity index (χ0v) is 16.1. The van der Waals surface area contributed by atoms with Gasteiger partial charge < -0.3 is 9.88 Å². The highest BCUT2D eigenvalue weighted by atomic mass is 35.5. The van der Waals surface area contributed by atoms with Gasteiger partial charge in [0.2, 0.25) is 5.91 Å². The van der Waals surface area contributed by atoms with Gasteiger partial charge >= 0.3 is 0 Å². The van der Waals surface area contributed by atoms with Gasteiger partial charge in [-0.3, -0.25) is 9.69 Å². The van der Waals surface area contributed by atoms with Crippen LogP contribution < -0.4 is 0 Å². The lowest BCUT2D eigenvalue weighted by Gasteiger charge is -2.35. The largest absolute Gasteiger partial charge is 0.342 e. The topological polar surface area (TPSA) is 52.2 Å². The molecule has 4 rings (SSSR count). The molecule has 140 valence electrons. The predicted molar refractivity (Wildman–Crippen MR) is 104 cm³/mol. The van der Waals surface area contributed by atoms with E-state index in [1.165, 1.54) is 6.42 Å². The highest BCUT2D eigenvalue weighted by Gasteiger charge is 2.27. The van der Waals surface area contributed by atoms with Gasteiger partial charge in [-0.05, 0) is 62.9 Å². The summed E-state index contributed by atoms with van der Waals surface area (Å²) in [5.41, 5.74) is 1.98. The zero-order chi connectivity index (χ0) is 18.1. The van der Waals surface area contributed by atoms with Gasteiger partial charge in [0.05, 0.1) is 17.6 Å². The van der Waals surface area contributed by atoms with Gasteiger partial charge in [0.1, 0.15) is 5.82 Å². The number of rotatable bonds is 3. The first-order valence-corrected chi connectivity index (χ1v) is 10.1. The molecule has 1 N–H and O–H groups in total. The maximum absolute atomic E-state index is 12.6. The van der Waals surface area contributed by atoms with Crippen LogP contribution in [0.3, 0.4) is 0 Å². The van der Waals surface area contributed by atoms with Crippen LogP contribution in [0.5, 0.6) is 0 Å². The van der Waals surface area contributed by atoms with Crippen molar-refractivity contribution in [2.45, 2.75) is 38.5 Å². The van der Waals surface area contributed by atoms with Gasteiger partial charge in [-0.2, -0.15) is 0 Å². The van der Waals surface area contributed by atoms with Crippen molar-refractivity contribution in [1.82, 2.24) is 19.8 Å². The van der Waals surface area contributed by atoms with Gasteiger partial charge in [-0.25, -0.2) is 4.98 Å². The van der Waals surface area contributed by atoms with Crippen LogP contribution >= 0.6 is 11.6 Å². The first-order valence-electron chi connectivity index (χ1n) is 9.74. The second kappa shape index (κ2) is 7.57. The normalized spacial score (nSPS) is 22.8. The molecule has 0 saturated carbocycles. The van der Waals surface area contributed by atoms with Crippen molar-refractivity contribution in [3.05, 3.63) is 29.0 Å². The Morgan fingerprint density at radius 1 is 1.27 bits per heavy atom. The molecule has 6 heteroatoms. The van der Waals surface area contributed by atoms with E-state index in [1.807, 2.05) is 18.2 Å². The number of H-pyrrole nitrogens is 1. The predicted octanol–water partition coefficient (Wildman–Crippen LogP) is 3.65. The fourth-order valence-corrected chi connectivity index (χ4v) is 4.44. The quantitative estimate of drug-likeness (QED) is 0.892. The summed E-state index contributed by atoms with van der Waals surface area (Å²) in [4.78, 5) is 25.1. The van der Waals surface area contributed by atoms with Gasteiger partial charge in [0.25, 0.3) is 0 Å². The molecule has 1 amide bonds. The number of nitrogens with zero attached hydrogens (tertiary/aromatic N) is 3. The third-order valence-electron chi connectivity index (χ3n) is 5.81. The van der Waals surface area contributed by atoms with E-state index in [0.717, 1.165) is 67.3 Å². The molecule has 2 saturated heterocycles. The summed E-state index contributed by atoms with van der Waals surface area (Å²) >= 11 is 6.06. The molecule has 0 radical (unpaired) electrons. The fraction of sp³-hybridized carbons (Fsp3) is 0.600. The van der Waals surface area contributed by atoms with E-state index in [0.29, 0.717) is 24.3 Å². The number of nitrogens with one attached hydrogen (secondary N) is 1. The zero-order valence-electron chi connectivity index (χ0n) is 15.4. The number of aromatic nitrogens is 2. The minimum atomic E-state index is 0.299. The number of imidazole rings is 1. The number of amides is 1. The Morgan fingerprint density at radius 2 is 2.08 bits per heavy atom. The molecule has 2 aliphatic rings. The minimum Gasteiger partial charge on any atom is -0.342 e. The Hall–Kier alpha value is -1.59. The van der Waals surface area contributed by atoms with Crippen LogP contribution in [-0.4, -0.2) is 58.4 Å². The van der Waals surface area contributed by atoms with Crippen molar-refractivity contribution >= 4 is 28.5 Å².